The minimum Gasteiger partial charge on any atom is -0.488 e. The van der Waals surface area contributed by atoms with Crippen molar-refractivity contribution >= 4 is 21.8 Å². The lowest BCUT2D eigenvalue weighted by Gasteiger charge is -2.15. The molecule has 2 N–H and O–H groups in total. The van der Waals surface area contributed by atoms with Crippen LogP contribution in [-0.2, 0) is 11.2 Å². The maximum atomic E-state index is 11.1. The summed E-state index contributed by atoms with van der Waals surface area (Å²) in [7, 11) is 0. The molecular formula is C13H15BrN2O2. The Hall–Kier alpha value is -1.07. The SMILES string of the molecule is O=C1CC(NCC2Cc3cc(Br)ccc3O2)CN1. The van der Waals surface area contributed by atoms with E-state index in [1.807, 2.05) is 12.1 Å². The summed E-state index contributed by atoms with van der Waals surface area (Å²) in [6.07, 6.45) is 1.67. The van der Waals surface area contributed by atoms with Crippen LogP contribution in [-0.4, -0.2) is 31.1 Å². The van der Waals surface area contributed by atoms with E-state index in [1.165, 1.54) is 5.56 Å². The highest BCUT2D eigenvalue weighted by Crippen LogP contribution is 2.30. The van der Waals surface area contributed by atoms with Crippen molar-refractivity contribution < 1.29 is 9.53 Å². The van der Waals surface area contributed by atoms with Crippen molar-refractivity contribution in [2.45, 2.75) is 25.0 Å². The van der Waals surface area contributed by atoms with Crippen molar-refractivity contribution in [3.8, 4) is 5.75 Å². The number of ether oxygens (including phenoxy) is 1. The minimum absolute atomic E-state index is 0.132. The number of amides is 1. The molecule has 4 nitrogen and oxygen atoms in total. The second kappa shape index (κ2) is 4.90. The molecule has 96 valence electrons. The number of benzene rings is 1. The number of fused-ring (bicyclic) bond motifs is 1. The summed E-state index contributed by atoms with van der Waals surface area (Å²) in [4.78, 5) is 11.1. The molecule has 0 spiro atoms. The lowest BCUT2D eigenvalue weighted by molar-refractivity contribution is -0.119. The Kier molecular flexibility index (Phi) is 3.26. The van der Waals surface area contributed by atoms with E-state index in [2.05, 4.69) is 32.6 Å². The fourth-order valence-corrected chi connectivity index (χ4v) is 2.86. The molecule has 1 aromatic rings. The highest BCUT2D eigenvalue weighted by Gasteiger charge is 2.26. The largest absolute Gasteiger partial charge is 0.488 e. The number of nitrogens with one attached hydrogen (secondary N) is 2. The number of hydrogen-bond donors (Lipinski definition) is 2. The average Bonchev–Trinajstić information content (AvgIpc) is 2.92. The van der Waals surface area contributed by atoms with Gasteiger partial charge in [-0.1, -0.05) is 15.9 Å². The third kappa shape index (κ3) is 2.52. The molecular weight excluding hydrogens is 296 g/mol. The lowest BCUT2D eigenvalue weighted by atomic mass is 10.1. The monoisotopic (exact) mass is 310 g/mol. The van der Waals surface area contributed by atoms with Gasteiger partial charge in [-0.2, -0.15) is 0 Å². The number of rotatable bonds is 3. The minimum atomic E-state index is 0.132. The zero-order valence-corrected chi connectivity index (χ0v) is 11.5. The van der Waals surface area contributed by atoms with Gasteiger partial charge in [-0.3, -0.25) is 4.79 Å². The molecule has 1 aromatic carbocycles. The average molecular weight is 311 g/mol. The summed E-state index contributed by atoms with van der Waals surface area (Å²) in [5, 5.41) is 6.20. The van der Waals surface area contributed by atoms with Crippen LogP contribution >= 0.6 is 15.9 Å². The van der Waals surface area contributed by atoms with E-state index in [4.69, 9.17) is 4.74 Å². The van der Waals surface area contributed by atoms with Gasteiger partial charge in [0, 0.05) is 36.4 Å². The smallest absolute Gasteiger partial charge is 0.221 e. The molecule has 1 amide bonds. The van der Waals surface area contributed by atoms with Crippen LogP contribution in [0, 0.1) is 0 Å². The number of hydrogen-bond acceptors (Lipinski definition) is 3. The first-order valence-electron chi connectivity index (χ1n) is 6.16. The van der Waals surface area contributed by atoms with Crippen LogP contribution in [0.2, 0.25) is 0 Å². The molecule has 2 unspecified atom stereocenters. The highest BCUT2D eigenvalue weighted by atomic mass is 79.9. The van der Waals surface area contributed by atoms with Gasteiger partial charge in [-0.05, 0) is 23.8 Å². The second-order valence-corrected chi connectivity index (χ2v) is 5.73. The first-order chi connectivity index (χ1) is 8.70. The van der Waals surface area contributed by atoms with Crippen molar-refractivity contribution in [3.05, 3.63) is 28.2 Å². The van der Waals surface area contributed by atoms with Gasteiger partial charge < -0.3 is 15.4 Å². The molecule has 1 fully saturated rings. The first kappa shape index (κ1) is 12.0. The molecule has 5 heteroatoms. The summed E-state index contributed by atoms with van der Waals surface area (Å²) in [6, 6.07) is 6.35. The quantitative estimate of drug-likeness (QED) is 0.883. The van der Waals surface area contributed by atoms with Gasteiger partial charge >= 0.3 is 0 Å². The summed E-state index contributed by atoms with van der Waals surface area (Å²) in [5.41, 5.74) is 1.25. The maximum Gasteiger partial charge on any atom is 0.221 e. The Morgan fingerprint density at radius 2 is 2.33 bits per heavy atom. The van der Waals surface area contributed by atoms with Gasteiger partial charge in [-0.25, -0.2) is 0 Å². The lowest BCUT2D eigenvalue weighted by Crippen LogP contribution is -2.38. The number of carbonyl (C=O) groups is 1. The third-order valence-electron chi connectivity index (χ3n) is 3.38. The third-order valence-corrected chi connectivity index (χ3v) is 3.87. The Morgan fingerprint density at radius 1 is 1.44 bits per heavy atom. The standard InChI is InChI=1S/C13H15BrN2O2/c14-9-1-2-12-8(3-9)4-11(18-12)7-15-10-5-13(17)16-6-10/h1-3,10-11,15H,4-7H2,(H,16,17). The predicted octanol–water partition coefficient (Wildman–Crippen LogP) is 1.23. The van der Waals surface area contributed by atoms with E-state index < -0.39 is 0 Å². The molecule has 0 radical (unpaired) electrons. The predicted molar refractivity (Wildman–Crippen MR) is 71.7 cm³/mol. The van der Waals surface area contributed by atoms with Crippen LogP contribution in [0.15, 0.2) is 22.7 Å². The van der Waals surface area contributed by atoms with Crippen LogP contribution in [0.25, 0.3) is 0 Å². The normalized spacial score (nSPS) is 25.7. The van der Waals surface area contributed by atoms with Crippen molar-refractivity contribution in [1.82, 2.24) is 10.6 Å². The van der Waals surface area contributed by atoms with E-state index in [0.29, 0.717) is 6.42 Å². The van der Waals surface area contributed by atoms with Crippen molar-refractivity contribution in [2.75, 3.05) is 13.1 Å². The van der Waals surface area contributed by atoms with E-state index in [0.717, 1.165) is 29.7 Å². The van der Waals surface area contributed by atoms with Gasteiger partial charge in [0.15, 0.2) is 0 Å². The van der Waals surface area contributed by atoms with E-state index in [9.17, 15) is 4.79 Å². The Morgan fingerprint density at radius 3 is 3.11 bits per heavy atom. The van der Waals surface area contributed by atoms with Gasteiger partial charge in [0.05, 0.1) is 0 Å². The highest BCUT2D eigenvalue weighted by molar-refractivity contribution is 9.10. The molecule has 18 heavy (non-hydrogen) atoms. The van der Waals surface area contributed by atoms with Gasteiger partial charge in [0.1, 0.15) is 11.9 Å². The molecule has 3 rings (SSSR count). The van der Waals surface area contributed by atoms with Crippen LogP contribution in [0.1, 0.15) is 12.0 Å². The Labute approximate surface area is 114 Å². The van der Waals surface area contributed by atoms with Crippen LogP contribution in [0.4, 0.5) is 0 Å². The molecule has 0 aromatic heterocycles. The van der Waals surface area contributed by atoms with Crippen LogP contribution < -0.4 is 15.4 Å². The fourth-order valence-electron chi connectivity index (χ4n) is 2.45. The summed E-state index contributed by atoms with van der Waals surface area (Å²) >= 11 is 3.47. The molecule has 2 atom stereocenters. The molecule has 2 aliphatic rings. The van der Waals surface area contributed by atoms with E-state index in [1.54, 1.807) is 0 Å². The molecule has 0 aliphatic carbocycles. The summed E-state index contributed by atoms with van der Waals surface area (Å²) < 4.78 is 6.95. The van der Waals surface area contributed by atoms with Crippen LogP contribution in [0.5, 0.6) is 5.75 Å². The second-order valence-electron chi connectivity index (χ2n) is 4.81. The maximum absolute atomic E-state index is 11.1. The van der Waals surface area contributed by atoms with Gasteiger partial charge in [0.25, 0.3) is 0 Å². The molecule has 1 saturated heterocycles. The number of halogens is 1. The molecule has 0 saturated carbocycles. The number of carbonyl (C=O) groups excluding carboxylic acids is 1. The zero-order valence-electron chi connectivity index (χ0n) is 9.91. The topological polar surface area (TPSA) is 50.4 Å². The zero-order chi connectivity index (χ0) is 12.5. The molecule has 2 heterocycles. The van der Waals surface area contributed by atoms with Gasteiger partial charge in [0.2, 0.25) is 5.91 Å². The molecule has 2 aliphatic heterocycles. The van der Waals surface area contributed by atoms with E-state index in [-0.39, 0.29) is 18.1 Å². The Balaban J connectivity index is 1.53. The fraction of sp³-hybridized carbons (Fsp3) is 0.462. The van der Waals surface area contributed by atoms with Crippen molar-refractivity contribution in [2.24, 2.45) is 0 Å². The first-order valence-corrected chi connectivity index (χ1v) is 6.95. The van der Waals surface area contributed by atoms with Crippen LogP contribution in [0.3, 0.4) is 0 Å². The molecule has 0 bridgehead atoms. The van der Waals surface area contributed by atoms with Crippen molar-refractivity contribution in [3.63, 3.8) is 0 Å². The van der Waals surface area contributed by atoms with E-state index >= 15 is 0 Å². The van der Waals surface area contributed by atoms with Gasteiger partial charge in [-0.15, -0.1) is 0 Å². The summed E-state index contributed by atoms with van der Waals surface area (Å²) in [6.45, 7) is 1.51. The van der Waals surface area contributed by atoms with Crippen molar-refractivity contribution in [1.29, 1.82) is 0 Å². The summed E-state index contributed by atoms with van der Waals surface area (Å²) in [5.74, 6) is 1.11. The Bertz CT molecular complexity index is 478.